The third-order valence-electron chi connectivity index (χ3n) is 4.41. The van der Waals surface area contributed by atoms with Gasteiger partial charge in [-0.15, -0.1) is 0 Å². The molecular weight excluding hydrogens is 304 g/mol. The molecule has 1 atom stereocenters. The molecule has 0 aliphatic carbocycles. The zero-order valence-electron chi connectivity index (χ0n) is 14.8. The maximum absolute atomic E-state index is 12.6. The minimum absolute atomic E-state index is 0.00342. The summed E-state index contributed by atoms with van der Waals surface area (Å²) in [6.07, 6.45) is 2.38. The molecule has 1 unspecified atom stereocenters. The van der Waals surface area contributed by atoms with E-state index in [1.165, 1.54) is 0 Å². The van der Waals surface area contributed by atoms with Gasteiger partial charge in [-0.05, 0) is 55.4 Å². The molecule has 0 spiro atoms. The molecular formula is C19H28N2O3. The molecule has 1 aromatic carbocycles. The van der Waals surface area contributed by atoms with Gasteiger partial charge in [-0.25, -0.2) is 0 Å². The third-order valence-corrected chi connectivity index (χ3v) is 4.41. The monoisotopic (exact) mass is 332 g/mol. The van der Waals surface area contributed by atoms with Gasteiger partial charge >= 0.3 is 0 Å². The summed E-state index contributed by atoms with van der Waals surface area (Å²) in [6, 6.07) is 5.40. The Bertz CT molecular complexity index is 598. The second kappa shape index (κ2) is 8.29. The van der Waals surface area contributed by atoms with Crippen molar-refractivity contribution in [3.63, 3.8) is 0 Å². The fraction of sp³-hybridized carbons (Fsp3) is 0.579. The molecule has 2 amide bonds. The van der Waals surface area contributed by atoms with Gasteiger partial charge in [-0.1, -0.05) is 13.8 Å². The van der Waals surface area contributed by atoms with Gasteiger partial charge in [0.2, 0.25) is 5.91 Å². The van der Waals surface area contributed by atoms with Crippen molar-refractivity contribution in [3.05, 3.63) is 29.3 Å². The number of hydrogen-bond acceptors (Lipinski definition) is 3. The number of hydrogen-bond donors (Lipinski definition) is 2. The van der Waals surface area contributed by atoms with Crippen molar-refractivity contribution in [3.8, 4) is 0 Å². The molecule has 0 aromatic heterocycles. The predicted molar refractivity (Wildman–Crippen MR) is 95.0 cm³/mol. The van der Waals surface area contributed by atoms with Crippen LogP contribution >= 0.6 is 0 Å². The number of carbonyl (C=O) groups is 2. The Morgan fingerprint density at radius 2 is 2.12 bits per heavy atom. The zero-order chi connectivity index (χ0) is 17.7. The SMILES string of the molecule is Cc1cc(C(=O)N2CCCC(CO)C2)ccc1NC(=O)CC(C)C. The maximum Gasteiger partial charge on any atom is 0.253 e. The lowest BCUT2D eigenvalue weighted by Crippen LogP contribution is -2.40. The van der Waals surface area contributed by atoms with Crippen LogP contribution in [-0.2, 0) is 4.79 Å². The fourth-order valence-corrected chi connectivity index (χ4v) is 3.09. The Morgan fingerprint density at radius 3 is 2.75 bits per heavy atom. The third kappa shape index (κ3) is 4.81. The molecule has 0 saturated carbocycles. The van der Waals surface area contributed by atoms with Crippen LogP contribution in [0.3, 0.4) is 0 Å². The fourth-order valence-electron chi connectivity index (χ4n) is 3.09. The average molecular weight is 332 g/mol. The normalized spacial score (nSPS) is 17.9. The van der Waals surface area contributed by atoms with E-state index < -0.39 is 0 Å². The highest BCUT2D eigenvalue weighted by molar-refractivity contribution is 5.96. The zero-order valence-corrected chi connectivity index (χ0v) is 14.8. The molecule has 1 fully saturated rings. The lowest BCUT2D eigenvalue weighted by molar-refractivity contribution is -0.116. The van der Waals surface area contributed by atoms with Gasteiger partial charge in [-0.3, -0.25) is 9.59 Å². The number of anilines is 1. The lowest BCUT2D eigenvalue weighted by Gasteiger charge is -2.32. The Hall–Kier alpha value is -1.88. The van der Waals surface area contributed by atoms with Gasteiger partial charge in [0.05, 0.1) is 0 Å². The quantitative estimate of drug-likeness (QED) is 0.871. The van der Waals surface area contributed by atoms with Crippen molar-refractivity contribution in [1.82, 2.24) is 4.90 Å². The van der Waals surface area contributed by atoms with Crippen molar-refractivity contribution in [1.29, 1.82) is 0 Å². The first-order valence-corrected chi connectivity index (χ1v) is 8.71. The molecule has 0 radical (unpaired) electrons. The van der Waals surface area contributed by atoms with Crippen LogP contribution in [0.2, 0.25) is 0 Å². The summed E-state index contributed by atoms with van der Waals surface area (Å²) in [5.74, 6) is 0.480. The van der Waals surface area contributed by atoms with Crippen LogP contribution in [0.1, 0.15) is 49.0 Å². The van der Waals surface area contributed by atoms with Gasteiger partial charge < -0.3 is 15.3 Å². The molecule has 2 N–H and O–H groups in total. The second-order valence-corrected chi connectivity index (χ2v) is 7.12. The van der Waals surface area contributed by atoms with E-state index in [2.05, 4.69) is 5.32 Å². The summed E-state index contributed by atoms with van der Waals surface area (Å²) in [4.78, 5) is 26.4. The molecule has 5 nitrogen and oxygen atoms in total. The summed E-state index contributed by atoms with van der Waals surface area (Å²) in [5.41, 5.74) is 2.27. The average Bonchev–Trinajstić information content (AvgIpc) is 2.55. The van der Waals surface area contributed by atoms with E-state index >= 15 is 0 Å². The van der Waals surface area contributed by atoms with Crippen molar-refractivity contribution in [2.24, 2.45) is 11.8 Å². The molecule has 132 valence electrons. The Kier molecular flexibility index (Phi) is 6.37. The van der Waals surface area contributed by atoms with Crippen LogP contribution in [0.25, 0.3) is 0 Å². The van der Waals surface area contributed by atoms with Gasteiger partial charge in [0.1, 0.15) is 0 Å². The van der Waals surface area contributed by atoms with Crippen LogP contribution in [0.15, 0.2) is 18.2 Å². The molecule has 1 aliphatic heterocycles. The number of nitrogens with one attached hydrogen (secondary N) is 1. The standard InChI is InChI=1S/C19H28N2O3/c1-13(2)9-18(23)20-17-7-6-16(10-14(17)3)19(24)21-8-4-5-15(11-21)12-22/h6-7,10,13,15,22H,4-5,8-9,11-12H2,1-3H3,(H,20,23). The summed E-state index contributed by atoms with van der Waals surface area (Å²) in [5, 5.41) is 12.2. The van der Waals surface area contributed by atoms with Gasteiger partial charge in [0, 0.05) is 37.4 Å². The van der Waals surface area contributed by atoms with E-state index in [0.29, 0.717) is 24.4 Å². The highest BCUT2D eigenvalue weighted by atomic mass is 16.3. The smallest absolute Gasteiger partial charge is 0.253 e. The number of carbonyl (C=O) groups excluding carboxylic acids is 2. The van der Waals surface area contributed by atoms with E-state index in [4.69, 9.17) is 0 Å². The number of benzene rings is 1. The van der Waals surface area contributed by atoms with Gasteiger partial charge in [0.25, 0.3) is 5.91 Å². The Morgan fingerprint density at radius 1 is 1.38 bits per heavy atom. The molecule has 1 aliphatic rings. The summed E-state index contributed by atoms with van der Waals surface area (Å²) < 4.78 is 0. The van der Waals surface area contributed by atoms with Crippen LogP contribution < -0.4 is 5.32 Å². The first-order valence-electron chi connectivity index (χ1n) is 8.71. The number of likely N-dealkylation sites (tertiary alicyclic amines) is 1. The van der Waals surface area contributed by atoms with E-state index in [9.17, 15) is 14.7 Å². The van der Waals surface area contributed by atoms with Gasteiger partial charge in [-0.2, -0.15) is 0 Å². The highest BCUT2D eigenvalue weighted by Gasteiger charge is 2.24. The van der Waals surface area contributed by atoms with Crippen LogP contribution in [0.5, 0.6) is 0 Å². The minimum atomic E-state index is -0.00556. The van der Waals surface area contributed by atoms with Crippen molar-refractivity contribution < 1.29 is 14.7 Å². The van der Waals surface area contributed by atoms with Crippen molar-refractivity contribution >= 4 is 17.5 Å². The topological polar surface area (TPSA) is 69.6 Å². The summed E-state index contributed by atoms with van der Waals surface area (Å²) in [6.45, 7) is 7.39. The van der Waals surface area contributed by atoms with Crippen LogP contribution in [0, 0.1) is 18.8 Å². The highest BCUT2D eigenvalue weighted by Crippen LogP contribution is 2.21. The maximum atomic E-state index is 12.6. The molecule has 1 heterocycles. The van der Waals surface area contributed by atoms with Gasteiger partial charge in [0.15, 0.2) is 0 Å². The molecule has 2 rings (SSSR count). The Labute approximate surface area is 144 Å². The largest absolute Gasteiger partial charge is 0.396 e. The predicted octanol–water partition coefficient (Wildman–Crippen LogP) is 2.82. The molecule has 0 bridgehead atoms. The number of aryl methyl sites for hydroxylation is 1. The second-order valence-electron chi connectivity index (χ2n) is 7.12. The number of rotatable bonds is 5. The number of amides is 2. The van der Waals surface area contributed by atoms with E-state index in [0.717, 1.165) is 30.6 Å². The van der Waals surface area contributed by atoms with E-state index in [1.807, 2.05) is 31.7 Å². The summed E-state index contributed by atoms with van der Waals surface area (Å²) >= 11 is 0. The van der Waals surface area contributed by atoms with Crippen LogP contribution in [-0.4, -0.2) is 41.5 Å². The van der Waals surface area contributed by atoms with Crippen LogP contribution in [0.4, 0.5) is 5.69 Å². The van der Waals surface area contributed by atoms with Crippen molar-refractivity contribution in [2.45, 2.75) is 40.0 Å². The Balaban J connectivity index is 2.05. The lowest BCUT2D eigenvalue weighted by atomic mass is 9.98. The number of aliphatic hydroxyl groups excluding tert-OH is 1. The molecule has 24 heavy (non-hydrogen) atoms. The molecule has 5 heteroatoms. The number of aliphatic hydroxyl groups is 1. The minimum Gasteiger partial charge on any atom is -0.396 e. The van der Waals surface area contributed by atoms with E-state index in [-0.39, 0.29) is 24.3 Å². The number of piperidine rings is 1. The first-order chi connectivity index (χ1) is 11.4. The summed E-state index contributed by atoms with van der Waals surface area (Å²) in [7, 11) is 0. The molecule has 1 aromatic rings. The number of nitrogens with zero attached hydrogens (tertiary/aromatic N) is 1. The van der Waals surface area contributed by atoms with Crippen molar-refractivity contribution in [2.75, 3.05) is 25.0 Å². The first kappa shape index (κ1) is 18.5. The van der Waals surface area contributed by atoms with E-state index in [1.54, 1.807) is 12.1 Å². The molecule has 1 saturated heterocycles.